The highest BCUT2D eigenvalue weighted by molar-refractivity contribution is 7.80. The van der Waals surface area contributed by atoms with Crippen LogP contribution < -0.4 is 5.73 Å². The van der Waals surface area contributed by atoms with Crippen molar-refractivity contribution in [2.45, 2.75) is 19.9 Å². The van der Waals surface area contributed by atoms with Gasteiger partial charge in [-0.25, -0.2) is 0 Å². The van der Waals surface area contributed by atoms with Gasteiger partial charge in [-0.05, 0) is 18.7 Å². The number of thiocarbonyl (C=S) groups is 1. The van der Waals surface area contributed by atoms with Crippen LogP contribution >= 0.6 is 12.2 Å². The van der Waals surface area contributed by atoms with Crippen LogP contribution in [0.3, 0.4) is 0 Å². The summed E-state index contributed by atoms with van der Waals surface area (Å²) in [4.78, 5) is 12.7. The Labute approximate surface area is 112 Å². The summed E-state index contributed by atoms with van der Waals surface area (Å²) in [5.41, 5.74) is 6.73. The highest BCUT2D eigenvalue weighted by Crippen LogP contribution is 2.23. The average molecular weight is 267 g/mol. The van der Waals surface area contributed by atoms with Gasteiger partial charge in [-0.15, -0.1) is 0 Å². The molecule has 0 aromatic heterocycles. The molecule has 0 aliphatic heterocycles. The van der Waals surface area contributed by atoms with Gasteiger partial charge in [0.15, 0.2) is 0 Å². The van der Waals surface area contributed by atoms with Crippen molar-refractivity contribution in [3.05, 3.63) is 39.9 Å². The lowest BCUT2D eigenvalue weighted by molar-refractivity contribution is -0.384. The Balaban J connectivity index is 3.06. The van der Waals surface area contributed by atoms with Gasteiger partial charge in [0, 0.05) is 12.1 Å². The lowest BCUT2D eigenvalue weighted by Gasteiger charge is -2.28. The molecule has 1 aromatic rings. The molecule has 1 aromatic carbocycles. The fraction of sp³-hybridized carbons (Fsp3) is 0.417. The molecule has 0 saturated carbocycles. The molecule has 0 fully saturated rings. The number of benzene rings is 1. The van der Waals surface area contributed by atoms with Crippen LogP contribution in [0.25, 0.3) is 0 Å². The number of likely N-dealkylation sites (N-methyl/N-ethyl adjacent to an activating group) is 1. The number of nitrogens with two attached hydrogens (primary N) is 1. The van der Waals surface area contributed by atoms with E-state index >= 15 is 0 Å². The van der Waals surface area contributed by atoms with Crippen LogP contribution in [0.2, 0.25) is 0 Å². The van der Waals surface area contributed by atoms with Crippen molar-refractivity contribution < 1.29 is 4.92 Å². The van der Waals surface area contributed by atoms with Gasteiger partial charge in [0.2, 0.25) is 0 Å². The molecule has 0 heterocycles. The van der Waals surface area contributed by atoms with Crippen molar-refractivity contribution in [1.29, 1.82) is 0 Å². The van der Waals surface area contributed by atoms with Crippen LogP contribution in [0.5, 0.6) is 0 Å². The molecule has 0 bridgehead atoms. The van der Waals surface area contributed by atoms with Gasteiger partial charge in [-0.1, -0.05) is 38.2 Å². The molecule has 1 atom stereocenters. The van der Waals surface area contributed by atoms with E-state index in [1.807, 2.05) is 13.8 Å². The summed E-state index contributed by atoms with van der Waals surface area (Å²) >= 11 is 5.09. The molecule has 0 saturated heterocycles. The number of rotatable bonds is 6. The summed E-state index contributed by atoms with van der Waals surface area (Å²) in [6, 6.07) is 6.20. The topological polar surface area (TPSA) is 72.4 Å². The third-order valence-corrected chi connectivity index (χ3v) is 3.09. The minimum absolute atomic E-state index is 0.0694. The van der Waals surface area contributed by atoms with Crippen molar-refractivity contribution in [3.8, 4) is 0 Å². The molecule has 5 nitrogen and oxygen atoms in total. The Kier molecular flexibility index (Phi) is 5.18. The van der Waals surface area contributed by atoms with E-state index in [0.717, 1.165) is 18.7 Å². The maximum absolute atomic E-state index is 10.6. The smallest absolute Gasteiger partial charge is 0.269 e. The second-order valence-corrected chi connectivity index (χ2v) is 4.35. The predicted octanol–water partition coefficient (Wildman–Crippen LogP) is 2.26. The van der Waals surface area contributed by atoms with E-state index < -0.39 is 4.92 Å². The molecular weight excluding hydrogens is 250 g/mol. The van der Waals surface area contributed by atoms with Crippen LogP contribution in [0.15, 0.2) is 24.3 Å². The normalized spacial score (nSPS) is 12.4. The lowest BCUT2D eigenvalue weighted by atomic mass is 10.0. The third-order valence-electron chi connectivity index (χ3n) is 2.87. The number of nitrogens with zero attached hydrogens (tertiary/aromatic N) is 2. The molecule has 6 heteroatoms. The van der Waals surface area contributed by atoms with Crippen molar-refractivity contribution in [1.82, 2.24) is 4.90 Å². The van der Waals surface area contributed by atoms with Gasteiger partial charge in [-0.2, -0.15) is 0 Å². The first-order chi connectivity index (χ1) is 8.51. The number of hydrogen-bond donors (Lipinski definition) is 1. The lowest BCUT2D eigenvalue weighted by Crippen LogP contribution is -2.36. The third kappa shape index (κ3) is 3.24. The van der Waals surface area contributed by atoms with Crippen molar-refractivity contribution in [2.75, 3.05) is 13.1 Å². The predicted molar refractivity (Wildman–Crippen MR) is 75.5 cm³/mol. The average Bonchev–Trinajstić information content (AvgIpc) is 2.35. The number of nitro benzene ring substituents is 1. The molecule has 0 amide bonds. The Morgan fingerprint density at radius 1 is 1.39 bits per heavy atom. The van der Waals surface area contributed by atoms with Crippen molar-refractivity contribution in [2.24, 2.45) is 5.73 Å². The van der Waals surface area contributed by atoms with Crippen LogP contribution in [-0.4, -0.2) is 27.9 Å². The molecule has 98 valence electrons. The number of nitro groups is 1. The fourth-order valence-corrected chi connectivity index (χ4v) is 2.21. The standard InChI is InChI=1S/C12H17N3O2S/c1-3-14(4-2)11(12(13)18)9-5-7-10(8-6-9)15(16)17/h5-8,11H,3-4H2,1-2H3,(H2,13,18). The van der Waals surface area contributed by atoms with Crippen LogP contribution in [0, 0.1) is 10.1 Å². The van der Waals surface area contributed by atoms with Gasteiger partial charge in [0.05, 0.1) is 16.0 Å². The molecular formula is C12H17N3O2S. The van der Waals surface area contributed by atoms with Crippen LogP contribution in [-0.2, 0) is 0 Å². The monoisotopic (exact) mass is 267 g/mol. The van der Waals surface area contributed by atoms with E-state index in [0.29, 0.717) is 4.99 Å². The highest BCUT2D eigenvalue weighted by Gasteiger charge is 2.21. The number of non-ortho nitro benzene ring substituents is 1. The van der Waals surface area contributed by atoms with Crippen LogP contribution in [0.1, 0.15) is 25.5 Å². The molecule has 2 N–H and O–H groups in total. The zero-order chi connectivity index (χ0) is 13.7. The molecule has 0 aliphatic rings. The first-order valence-corrected chi connectivity index (χ1v) is 6.19. The Morgan fingerprint density at radius 3 is 2.22 bits per heavy atom. The second kappa shape index (κ2) is 6.42. The second-order valence-electron chi connectivity index (χ2n) is 3.87. The minimum atomic E-state index is -0.420. The summed E-state index contributed by atoms with van der Waals surface area (Å²) in [6.45, 7) is 5.69. The summed E-state index contributed by atoms with van der Waals surface area (Å²) in [5, 5.41) is 10.6. The molecule has 18 heavy (non-hydrogen) atoms. The molecule has 1 rings (SSSR count). The Hall–Kier alpha value is -1.53. The van der Waals surface area contributed by atoms with E-state index in [4.69, 9.17) is 18.0 Å². The largest absolute Gasteiger partial charge is 0.392 e. The summed E-state index contributed by atoms with van der Waals surface area (Å²) in [5.74, 6) is 0. The minimum Gasteiger partial charge on any atom is -0.392 e. The van der Waals surface area contributed by atoms with Gasteiger partial charge < -0.3 is 5.73 Å². The zero-order valence-electron chi connectivity index (χ0n) is 10.5. The van der Waals surface area contributed by atoms with E-state index in [2.05, 4.69) is 4.90 Å². The summed E-state index contributed by atoms with van der Waals surface area (Å²) in [6.07, 6.45) is 0. The maximum atomic E-state index is 10.6. The van der Waals surface area contributed by atoms with Crippen molar-refractivity contribution in [3.63, 3.8) is 0 Å². The van der Waals surface area contributed by atoms with Gasteiger partial charge in [0.1, 0.15) is 0 Å². The molecule has 0 radical (unpaired) electrons. The first-order valence-electron chi connectivity index (χ1n) is 5.79. The van der Waals surface area contributed by atoms with Crippen molar-refractivity contribution >= 4 is 22.9 Å². The van der Waals surface area contributed by atoms with E-state index in [-0.39, 0.29) is 11.7 Å². The molecule has 0 aliphatic carbocycles. The van der Waals surface area contributed by atoms with Crippen LogP contribution in [0.4, 0.5) is 5.69 Å². The van der Waals surface area contributed by atoms with E-state index in [1.54, 1.807) is 12.1 Å². The van der Waals surface area contributed by atoms with E-state index in [9.17, 15) is 10.1 Å². The Morgan fingerprint density at radius 2 is 1.89 bits per heavy atom. The van der Waals surface area contributed by atoms with Gasteiger partial charge in [0.25, 0.3) is 5.69 Å². The van der Waals surface area contributed by atoms with Gasteiger partial charge in [-0.3, -0.25) is 15.0 Å². The highest BCUT2D eigenvalue weighted by atomic mass is 32.1. The molecule has 1 unspecified atom stereocenters. The Bertz CT molecular complexity index is 429. The maximum Gasteiger partial charge on any atom is 0.269 e. The zero-order valence-corrected chi connectivity index (χ0v) is 11.3. The van der Waals surface area contributed by atoms with E-state index in [1.165, 1.54) is 12.1 Å². The molecule has 0 spiro atoms. The van der Waals surface area contributed by atoms with Gasteiger partial charge >= 0.3 is 0 Å². The quantitative estimate of drug-likeness (QED) is 0.486. The SMILES string of the molecule is CCN(CC)C(C(N)=S)c1ccc([N+](=O)[O-])cc1. The summed E-state index contributed by atoms with van der Waals surface area (Å²) < 4.78 is 0. The fourth-order valence-electron chi connectivity index (χ4n) is 1.92. The first kappa shape index (κ1) is 14.5. The number of hydrogen-bond acceptors (Lipinski definition) is 4. The summed E-state index contributed by atoms with van der Waals surface area (Å²) in [7, 11) is 0.